The lowest BCUT2D eigenvalue weighted by atomic mass is 10.00. The molecule has 1 aliphatic carbocycles. The molecule has 1 aliphatic heterocycles. The number of benzene rings is 1. The topological polar surface area (TPSA) is 57.6 Å². The lowest BCUT2D eigenvalue weighted by Gasteiger charge is -2.21. The molecule has 4 heteroatoms. The number of hydrogen-bond acceptors (Lipinski definition) is 3. The fourth-order valence-corrected chi connectivity index (χ4v) is 3.68. The first-order valence-electron chi connectivity index (χ1n) is 7.57. The van der Waals surface area contributed by atoms with Gasteiger partial charge in [0.25, 0.3) is 0 Å². The minimum Gasteiger partial charge on any atom is -0.387 e. The number of likely N-dealkylation sites (tertiary alicyclic amines) is 1. The predicted octanol–water partition coefficient (Wildman–Crippen LogP) is 2.06. The second kappa shape index (κ2) is 5.26. The molecule has 1 N–H and O–H groups in total. The standard InChI is InChI=1S/C17H21NO3/c1-10-4-3-5-12(6-10)15(19)9-18-16(20)13-7-11(2)8-14(13)17(18)21/h3-6,11,13-15,19H,7-9H2,1-2H3. The predicted molar refractivity (Wildman–Crippen MR) is 78.2 cm³/mol. The first kappa shape index (κ1) is 14.3. The van der Waals surface area contributed by atoms with Crippen LogP contribution in [0.2, 0.25) is 0 Å². The smallest absolute Gasteiger partial charge is 0.233 e. The van der Waals surface area contributed by atoms with Crippen LogP contribution in [0.1, 0.15) is 37.0 Å². The minimum atomic E-state index is -0.811. The van der Waals surface area contributed by atoms with Crippen LogP contribution < -0.4 is 0 Å². The monoisotopic (exact) mass is 287 g/mol. The highest BCUT2D eigenvalue weighted by Crippen LogP contribution is 2.43. The Labute approximate surface area is 124 Å². The molecule has 4 nitrogen and oxygen atoms in total. The molecule has 1 heterocycles. The van der Waals surface area contributed by atoms with Gasteiger partial charge in [0.1, 0.15) is 0 Å². The maximum Gasteiger partial charge on any atom is 0.233 e. The Bertz CT molecular complexity index is 559. The first-order chi connectivity index (χ1) is 9.97. The maximum atomic E-state index is 12.4. The Kier molecular flexibility index (Phi) is 3.57. The Morgan fingerprint density at radius 3 is 2.43 bits per heavy atom. The van der Waals surface area contributed by atoms with Gasteiger partial charge >= 0.3 is 0 Å². The minimum absolute atomic E-state index is 0.0719. The van der Waals surface area contributed by atoms with E-state index in [4.69, 9.17) is 0 Å². The number of carbonyl (C=O) groups excluding carboxylic acids is 2. The van der Waals surface area contributed by atoms with E-state index < -0.39 is 6.10 Å². The lowest BCUT2D eigenvalue weighted by Crippen LogP contribution is -2.35. The van der Waals surface area contributed by atoms with E-state index in [2.05, 4.69) is 6.92 Å². The molecular formula is C17H21NO3. The summed E-state index contributed by atoms with van der Waals surface area (Å²) in [5.41, 5.74) is 1.80. The molecule has 0 bridgehead atoms. The van der Waals surface area contributed by atoms with Crippen molar-refractivity contribution in [2.24, 2.45) is 17.8 Å². The summed E-state index contributed by atoms with van der Waals surface area (Å²) in [6, 6.07) is 7.54. The average molecular weight is 287 g/mol. The molecule has 2 fully saturated rings. The lowest BCUT2D eigenvalue weighted by molar-refractivity contribution is -0.142. The van der Waals surface area contributed by atoms with Gasteiger partial charge in [-0.1, -0.05) is 36.8 Å². The molecule has 1 saturated heterocycles. The van der Waals surface area contributed by atoms with E-state index in [1.165, 1.54) is 4.90 Å². The van der Waals surface area contributed by atoms with Gasteiger partial charge in [-0.05, 0) is 31.2 Å². The maximum absolute atomic E-state index is 12.4. The van der Waals surface area contributed by atoms with Crippen molar-refractivity contribution < 1.29 is 14.7 Å². The summed E-state index contributed by atoms with van der Waals surface area (Å²) in [6.07, 6.45) is 0.785. The summed E-state index contributed by atoms with van der Waals surface area (Å²) in [5.74, 6) is -0.0618. The molecule has 3 rings (SSSR count). The van der Waals surface area contributed by atoms with E-state index in [0.717, 1.165) is 24.0 Å². The van der Waals surface area contributed by atoms with Crippen LogP contribution in [-0.4, -0.2) is 28.4 Å². The van der Waals surface area contributed by atoms with Gasteiger partial charge in [0, 0.05) is 0 Å². The van der Waals surface area contributed by atoms with Gasteiger partial charge in [0.15, 0.2) is 0 Å². The van der Waals surface area contributed by atoms with Gasteiger partial charge in [0.05, 0.1) is 24.5 Å². The number of amides is 2. The van der Waals surface area contributed by atoms with Crippen molar-refractivity contribution >= 4 is 11.8 Å². The molecule has 3 atom stereocenters. The van der Waals surface area contributed by atoms with Crippen molar-refractivity contribution in [3.8, 4) is 0 Å². The van der Waals surface area contributed by atoms with Crippen LogP contribution in [0.25, 0.3) is 0 Å². The molecule has 2 amide bonds. The number of carbonyl (C=O) groups is 2. The summed E-state index contributed by atoms with van der Waals surface area (Å²) in [4.78, 5) is 26.0. The summed E-state index contributed by atoms with van der Waals surface area (Å²) < 4.78 is 0. The van der Waals surface area contributed by atoms with Crippen molar-refractivity contribution in [3.05, 3.63) is 35.4 Å². The molecular weight excluding hydrogens is 266 g/mol. The number of hydrogen-bond donors (Lipinski definition) is 1. The van der Waals surface area contributed by atoms with E-state index in [9.17, 15) is 14.7 Å². The van der Waals surface area contributed by atoms with Crippen LogP contribution in [0, 0.1) is 24.7 Å². The number of aliphatic hydroxyl groups excluding tert-OH is 1. The van der Waals surface area contributed by atoms with Crippen LogP contribution >= 0.6 is 0 Å². The van der Waals surface area contributed by atoms with Crippen molar-refractivity contribution in [1.29, 1.82) is 0 Å². The van der Waals surface area contributed by atoms with E-state index in [1.54, 1.807) is 0 Å². The average Bonchev–Trinajstić information content (AvgIpc) is 2.92. The summed E-state index contributed by atoms with van der Waals surface area (Å²) >= 11 is 0. The van der Waals surface area contributed by atoms with Gasteiger partial charge < -0.3 is 5.11 Å². The fourth-order valence-electron chi connectivity index (χ4n) is 3.68. The largest absolute Gasteiger partial charge is 0.387 e. The third-order valence-corrected chi connectivity index (χ3v) is 4.75. The quantitative estimate of drug-likeness (QED) is 0.866. The van der Waals surface area contributed by atoms with E-state index in [1.807, 2.05) is 31.2 Å². The van der Waals surface area contributed by atoms with E-state index in [-0.39, 0.29) is 30.2 Å². The van der Waals surface area contributed by atoms with Crippen LogP contribution in [0.3, 0.4) is 0 Å². The number of aryl methyl sites for hydroxylation is 1. The van der Waals surface area contributed by atoms with E-state index >= 15 is 0 Å². The molecule has 21 heavy (non-hydrogen) atoms. The third-order valence-electron chi connectivity index (χ3n) is 4.75. The van der Waals surface area contributed by atoms with Crippen LogP contribution in [-0.2, 0) is 9.59 Å². The van der Waals surface area contributed by atoms with Gasteiger partial charge in [0.2, 0.25) is 11.8 Å². The van der Waals surface area contributed by atoms with Crippen molar-refractivity contribution in [3.63, 3.8) is 0 Å². The van der Waals surface area contributed by atoms with Gasteiger partial charge in [-0.2, -0.15) is 0 Å². The number of β-amino-alcohol motifs (C(OH)–C–C–N with tert-alkyl or cyclic N) is 1. The van der Waals surface area contributed by atoms with Crippen molar-refractivity contribution in [2.45, 2.75) is 32.8 Å². The SMILES string of the molecule is Cc1cccc(C(O)CN2C(=O)C3CC(C)CC3C2=O)c1. The molecule has 0 spiro atoms. The summed E-state index contributed by atoms with van der Waals surface area (Å²) in [6.45, 7) is 4.11. The number of fused-ring (bicyclic) bond motifs is 1. The summed E-state index contributed by atoms with van der Waals surface area (Å²) in [7, 11) is 0. The zero-order valence-corrected chi connectivity index (χ0v) is 12.5. The molecule has 112 valence electrons. The number of aliphatic hydroxyl groups is 1. The zero-order chi connectivity index (χ0) is 15.1. The second-order valence-corrected chi connectivity index (χ2v) is 6.51. The Morgan fingerprint density at radius 1 is 1.24 bits per heavy atom. The fraction of sp³-hybridized carbons (Fsp3) is 0.529. The number of nitrogens with zero attached hydrogens (tertiary/aromatic N) is 1. The molecule has 2 aliphatic rings. The zero-order valence-electron chi connectivity index (χ0n) is 12.5. The molecule has 1 aromatic rings. The van der Waals surface area contributed by atoms with Crippen LogP contribution in [0.15, 0.2) is 24.3 Å². The highest BCUT2D eigenvalue weighted by molar-refractivity contribution is 6.05. The Morgan fingerprint density at radius 2 is 1.86 bits per heavy atom. The van der Waals surface area contributed by atoms with Gasteiger partial charge in [-0.3, -0.25) is 14.5 Å². The van der Waals surface area contributed by atoms with E-state index in [0.29, 0.717) is 5.92 Å². The number of imide groups is 1. The molecule has 0 radical (unpaired) electrons. The second-order valence-electron chi connectivity index (χ2n) is 6.51. The van der Waals surface area contributed by atoms with Crippen LogP contribution in [0.4, 0.5) is 0 Å². The molecule has 0 aromatic heterocycles. The van der Waals surface area contributed by atoms with Gasteiger partial charge in [-0.15, -0.1) is 0 Å². The van der Waals surface area contributed by atoms with Crippen molar-refractivity contribution in [1.82, 2.24) is 4.90 Å². The van der Waals surface area contributed by atoms with Crippen LogP contribution in [0.5, 0.6) is 0 Å². The first-order valence-corrected chi connectivity index (χ1v) is 7.57. The van der Waals surface area contributed by atoms with Crippen molar-refractivity contribution in [2.75, 3.05) is 6.54 Å². The number of rotatable bonds is 3. The molecule has 3 unspecified atom stereocenters. The Hall–Kier alpha value is -1.68. The highest BCUT2D eigenvalue weighted by atomic mass is 16.3. The Balaban J connectivity index is 1.74. The highest BCUT2D eigenvalue weighted by Gasteiger charge is 2.51. The molecule has 1 saturated carbocycles. The molecule has 1 aromatic carbocycles. The third kappa shape index (κ3) is 2.48. The van der Waals surface area contributed by atoms with Gasteiger partial charge in [-0.25, -0.2) is 0 Å². The summed E-state index contributed by atoms with van der Waals surface area (Å²) in [5, 5.41) is 10.3. The normalized spacial score (nSPS) is 29.9.